The van der Waals surface area contributed by atoms with Gasteiger partial charge in [0.1, 0.15) is 11.6 Å². The Morgan fingerprint density at radius 1 is 1.37 bits per heavy atom. The van der Waals surface area contributed by atoms with Crippen LogP contribution in [0.3, 0.4) is 0 Å². The van der Waals surface area contributed by atoms with Crippen molar-refractivity contribution in [2.45, 2.75) is 12.3 Å². The summed E-state index contributed by atoms with van der Waals surface area (Å²) >= 11 is 0. The molecule has 0 saturated heterocycles. The fourth-order valence-electron chi connectivity index (χ4n) is 2.47. The number of aromatic nitrogens is 2. The number of amides is 1. The Hall–Kier alpha value is -2.30. The molecule has 0 radical (unpaired) electrons. The second-order valence-electron chi connectivity index (χ2n) is 4.65. The van der Waals surface area contributed by atoms with Crippen molar-refractivity contribution >= 4 is 11.7 Å². The second kappa shape index (κ2) is 4.42. The molecule has 0 bridgehead atoms. The number of ether oxygens (including phenoxy) is 1. The molecule has 0 aliphatic carbocycles. The van der Waals surface area contributed by atoms with Crippen LogP contribution in [0.2, 0.25) is 0 Å². The number of nitrogens with zero attached hydrogens (tertiary/aromatic N) is 2. The molecule has 3 rings (SSSR count). The molecule has 98 valence electrons. The SMILES string of the molecule is COc1ccc([C@@H]2CC(=O)Nc3c2cnn3C)cc1. The molecule has 0 spiro atoms. The van der Waals surface area contributed by atoms with E-state index in [1.807, 2.05) is 37.5 Å². The maximum atomic E-state index is 11.8. The van der Waals surface area contributed by atoms with E-state index in [-0.39, 0.29) is 11.8 Å². The number of anilines is 1. The van der Waals surface area contributed by atoms with Crippen molar-refractivity contribution in [3.63, 3.8) is 0 Å². The van der Waals surface area contributed by atoms with Crippen LogP contribution in [0.4, 0.5) is 5.82 Å². The molecule has 0 saturated carbocycles. The van der Waals surface area contributed by atoms with Crippen molar-refractivity contribution < 1.29 is 9.53 Å². The first-order valence-electron chi connectivity index (χ1n) is 6.14. The molecule has 1 aromatic heterocycles. The second-order valence-corrected chi connectivity index (χ2v) is 4.65. The largest absolute Gasteiger partial charge is 0.497 e. The summed E-state index contributed by atoms with van der Waals surface area (Å²) < 4.78 is 6.85. The van der Waals surface area contributed by atoms with Crippen molar-refractivity contribution in [1.82, 2.24) is 9.78 Å². The lowest BCUT2D eigenvalue weighted by atomic mass is 9.87. The molecule has 1 aliphatic rings. The van der Waals surface area contributed by atoms with Crippen LogP contribution in [-0.4, -0.2) is 22.8 Å². The van der Waals surface area contributed by atoms with E-state index in [0.717, 1.165) is 22.7 Å². The standard InChI is InChI=1S/C14H15N3O2/c1-17-14-12(8-15-17)11(7-13(18)16-14)9-3-5-10(19-2)6-4-9/h3-6,8,11H,7H2,1-2H3,(H,16,18)/t11-/m0/s1. The van der Waals surface area contributed by atoms with Crippen LogP contribution in [0.1, 0.15) is 23.5 Å². The van der Waals surface area contributed by atoms with Gasteiger partial charge in [0.15, 0.2) is 0 Å². The molecule has 0 fully saturated rings. The third-order valence-corrected chi connectivity index (χ3v) is 3.51. The number of rotatable bonds is 2. The van der Waals surface area contributed by atoms with Gasteiger partial charge < -0.3 is 10.1 Å². The minimum Gasteiger partial charge on any atom is -0.497 e. The lowest BCUT2D eigenvalue weighted by Gasteiger charge is -2.23. The Morgan fingerprint density at radius 3 is 2.79 bits per heavy atom. The van der Waals surface area contributed by atoms with Crippen LogP contribution in [0.15, 0.2) is 30.5 Å². The van der Waals surface area contributed by atoms with Crippen LogP contribution in [-0.2, 0) is 11.8 Å². The maximum Gasteiger partial charge on any atom is 0.226 e. The highest BCUT2D eigenvalue weighted by Crippen LogP contribution is 2.36. The van der Waals surface area contributed by atoms with Gasteiger partial charge in [0, 0.05) is 24.9 Å². The molecule has 2 heterocycles. The zero-order valence-corrected chi connectivity index (χ0v) is 10.9. The molecule has 1 aliphatic heterocycles. The van der Waals surface area contributed by atoms with Gasteiger partial charge in [-0.15, -0.1) is 0 Å². The van der Waals surface area contributed by atoms with E-state index in [9.17, 15) is 4.79 Å². The first-order valence-corrected chi connectivity index (χ1v) is 6.14. The molecule has 2 aromatic rings. The first-order chi connectivity index (χ1) is 9.19. The smallest absolute Gasteiger partial charge is 0.226 e. The van der Waals surface area contributed by atoms with Crippen molar-refractivity contribution in [3.8, 4) is 5.75 Å². The molecular weight excluding hydrogens is 242 g/mol. The minimum absolute atomic E-state index is 0.0249. The lowest BCUT2D eigenvalue weighted by Crippen LogP contribution is -2.24. The number of hydrogen-bond acceptors (Lipinski definition) is 3. The third-order valence-electron chi connectivity index (χ3n) is 3.51. The molecular formula is C14H15N3O2. The zero-order chi connectivity index (χ0) is 13.4. The van der Waals surface area contributed by atoms with Gasteiger partial charge in [0.25, 0.3) is 0 Å². The Bertz CT molecular complexity index is 616. The zero-order valence-electron chi connectivity index (χ0n) is 10.9. The average Bonchev–Trinajstić information content (AvgIpc) is 2.80. The van der Waals surface area contributed by atoms with E-state index >= 15 is 0 Å². The van der Waals surface area contributed by atoms with E-state index in [1.54, 1.807) is 11.8 Å². The van der Waals surface area contributed by atoms with Gasteiger partial charge in [-0.25, -0.2) is 0 Å². The normalized spacial score (nSPS) is 17.8. The molecule has 1 aromatic carbocycles. The summed E-state index contributed by atoms with van der Waals surface area (Å²) in [4.78, 5) is 11.8. The highest BCUT2D eigenvalue weighted by Gasteiger charge is 2.29. The summed E-state index contributed by atoms with van der Waals surface area (Å²) in [5.74, 6) is 1.69. The van der Waals surface area contributed by atoms with E-state index in [2.05, 4.69) is 10.4 Å². The fraction of sp³-hybridized carbons (Fsp3) is 0.286. The van der Waals surface area contributed by atoms with Gasteiger partial charge in [-0.05, 0) is 17.7 Å². The van der Waals surface area contributed by atoms with Gasteiger partial charge in [0.05, 0.1) is 13.3 Å². The van der Waals surface area contributed by atoms with Gasteiger partial charge in [-0.1, -0.05) is 12.1 Å². The summed E-state index contributed by atoms with van der Waals surface area (Å²) in [5.41, 5.74) is 2.16. The summed E-state index contributed by atoms with van der Waals surface area (Å²) in [6, 6.07) is 7.83. The predicted octanol–water partition coefficient (Wildman–Crippen LogP) is 1.90. The van der Waals surface area contributed by atoms with Crippen LogP contribution >= 0.6 is 0 Å². The minimum atomic E-state index is 0.0249. The molecule has 5 nitrogen and oxygen atoms in total. The molecule has 1 N–H and O–H groups in total. The van der Waals surface area contributed by atoms with Crippen LogP contribution in [0.25, 0.3) is 0 Å². The van der Waals surface area contributed by atoms with Crippen LogP contribution in [0, 0.1) is 0 Å². The number of hydrogen-bond donors (Lipinski definition) is 1. The Labute approximate surface area is 111 Å². The third kappa shape index (κ3) is 1.97. The monoisotopic (exact) mass is 257 g/mol. The highest BCUT2D eigenvalue weighted by molar-refractivity contribution is 5.94. The number of benzene rings is 1. The lowest BCUT2D eigenvalue weighted by molar-refractivity contribution is -0.116. The average molecular weight is 257 g/mol. The number of carbonyl (C=O) groups excluding carboxylic acids is 1. The Balaban J connectivity index is 2.02. The highest BCUT2D eigenvalue weighted by atomic mass is 16.5. The van der Waals surface area contributed by atoms with Crippen LogP contribution in [0.5, 0.6) is 5.75 Å². The number of methoxy groups -OCH3 is 1. The van der Waals surface area contributed by atoms with Gasteiger partial charge in [-0.3, -0.25) is 9.48 Å². The van der Waals surface area contributed by atoms with E-state index in [1.165, 1.54) is 0 Å². The first kappa shape index (κ1) is 11.8. The molecule has 1 atom stereocenters. The predicted molar refractivity (Wildman–Crippen MR) is 71.3 cm³/mol. The van der Waals surface area contributed by atoms with Gasteiger partial charge in [-0.2, -0.15) is 5.10 Å². The summed E-state index contributed by atoms with van der Waals surface area (Å²) in [6.07, 6.45) is 2.27. The molecule has 1 amide bonds. The number of aryl methyl sites for hydroxylation is 1. The molecule has 5 heteroatoms. The molecule has 0 unspecified atom stereocenters. The number of carbonyl (C=O) groups is 1. The quantitative estimate of drug-likeness (QED) is 0.894. The van der Waals surface area contributed by atoms with E-state index in [4.69, 9.17) is 4.74 Å². The Kier molecular flexibility index (Phi) is 2.74. The maximum absolute atomic E-state index is 11.8. The summed E-state index contributed by atoms with van der Waals surface area (Å²) in [6.45, 7) is 0. The molecule has 19 heavy (non-hydrogen) atoms. The van der Waals surface area contributed by atoms with E-state index < -0.39 is 0 Å². The fourth-order valence-corrected chi connectivity index (χ4v) is 2.47. The van der Waals surface area contributed by atoms with Gasteiger partial charge in [0.2, 0.25) is 5.91 Å². The van der Waals surface area contributed by atoms with Crippen molar-refractivity contribution in [2.24, 2.45) is 7.05 Å². The van der Waals surface area contributed by atoms with Gasteiger partial charge >= 0.3 is 0 Å². The summed E-state index contributed by atoms with van der Waals surface area (Å²) in [5, 5.41) is 7.09. The topological polar surface area (TPSA) is 56.1 Å². The number of fused-ring (bicyclic) bond motifs is 1. The van der Waals surface area contributed by atoms with Crippen molar-refractivity contribution in [2.75, 3.05) is 12.4 Å². The summed E-state index contributed by atoms with van der Waals surface area (Å²) in [7, 11) is 3.47. The Morgan fingerprint density at radius 2 is 2.11 bits per heavy atom. The van der Waals surface area contributed by atoms with Crippen LogP contribution < -0.4 is 10.1 Å². The van der Waals surface area contributed by atoms with E-state index in [0.29, 0.717) is 6.42 Å². The van der Waals surface area contributed by atoms with Crippen molar-refractivity contribution in [3.05, 3.63) is 41.6 Å². The number of nitrogens with one attached hydrogen (secondary N) is 1. The van der Waals surface area contributed by atoms with Crippen molar-refractivity contribution in [1.29, 1.82) is 0 Å².